The monoisotopic (exact) mass is 497 g/mol. The summed E-state index contributed by atoms with van der Waals surface area (Å²) in [5, 5.41) is 6.26. The minimum atomic E-state index is -0.159. The minimum absolute atomic E-state index is 0.0506. The molecule has 0 aliphatic heterocycles. The molecular formula is C18H16IN3O2S2. The molecule has 0 aliphatic rings. The molecule has 0 unspecified atom stereocenters. The SMILES string of the molecule is CC(=O)NCc1ccc(-c2nc(NC(=O)c3ccccc3I)sc2C)s1. The van der Waals surface area contributed by atoms with Gasteiger partial charge < -0.3 is 5.32 Å². The van der Waals surface area contributed by atoms with Gasteiger partial charge in [-0.25, -0.2) is 4.98 Å². The van der Waals surface area contributed by atoms with Crippen molar-refractivity contribution in [2.24, 2.45) is 0 Å². The largest absolute Gasteiger partial charge is 0.351 e. The summed E-state index contributed by atoms with van der Waals surface area (Å²) in [5.74, 6) is -0.210. The fraction of sp³-hybridized carbons (Fsp3) is 0.167. The standard InChI is InChI=1S/C18H16IN3O2S2/c1-10-16(15-8-7-12(26-15)9-20-11(2)23)21-18(25-10)22-17(24)13-5-3-4-6-14(13)19/h3-8H,9H2,1-2H3,(H,20,23)(H,21,22,24). The second-order valence-corrected chi connectivity index (χ2v) is 9.07. The van der Waals surface area contributed by atoms with Crippen LogP contribution in [0.5, 0.6) is 0 Å². The summed E-state index contributed by atoms with van der Waals surface area (Å²) in [6.45, 7) is 4.00. The van der Waals surface area contributed by atoms with E-state index in [1.165, 1.54) is 18.3 Å². The second kappa shape index (κ2) is 8.28. The van der Waals surface area contributed by atoms with Crippen molar-refractivity contribution >= 4 is 62.2 Å². The zero-order valence-electron chi connectivity index (χ0n) is 14.1. The molecule has 3 aromatic rings. The summed E-state index contributed by atoms with van der Waals surface area (Å²) >= 11 is 5.19. The van der Waals surface area contributed by atoms with Crippen LogP contribution in [0.15, 0.2) is 36.4 Å². The summed E-state index contributed by atoms with van der Waals surface area (Å²) < 4.78 is 0.900. The number of rotatable bonds is 5. The van der Waals surface area contributed by atoms with E-state index in [2.05, 4.69) is 38.2 Å². The van der Waals surface area contributed by atoms with Gasteiger partial charge in [0.1, 0.15) is 0 Å². The van der Waals surface area contributed by atoms with E-state index in [9.17, 15) is 9.59 Å². The molecule has 0 radical (unpaired) electrons. The predicted molar refractivity (Wildman–Crippen MR) is 115 cm³/mol. The summed E-state index contributed by atoms with van der Waals surface area (Å²) in [4.78, 5) is 31.2. The van der Waals surface area contributed by atoms with Gasteiger partial charge in [0.15, 0.2) is 5.13 Å². The van der Waals surface area contributed by atoms with Gasteiger partial charge in [-0.3, -0.25) is 14.9 Å². The first-order valence-corrected chi connectivity index (χ1v) is 10.5. The minimum Gasteiger partial charge on any atom is -0.351 e. The van der Waals surface area contributed by atoms with Crippen LogP contribution in [0.2, 0.25) is 0 Å². The molecule has 0 atom stereocenters. The zero-order valence-corrected chi connectivity index (χ0v) is 17.9. The molecule has 134 valence electrons. The zero-order chi connectivity index (χ0) is 18.7. The highest BCUT2D eigenvalue weighted by Crippen LogP contribution is 2.35. The first-order chi connectivity index (χ1) is 12.4. The van der Waals surface area contributed by atoms with Gasteiger partial charge in [0.2, 0.25) is 5.91 Å². The molecule has 0 saturated heterocycles. The molecule has 26 heavy (non-hydrogen) atoms. The van der Waals surface area contributed by atoms with E-state index in [1.807, 2.05) is 37.3 Å². The van der Waals surface area contributed by atoms with Crippen molar-refractivity contribution < 1.29 is 9.59 Å². The third kappa shape index (κ3) is 4.49. The number of thiophene rings is 1. The molecule has 2 heterocycles. The lowest BCUT2D eigenvalue weighted by molar-refractivity contribution is -0.119. The molecule has 3 rings (SSSR count). The van der Waals surface area contributed by atoms with Crippen LogP contribution in [0.1, 0.15) is 27.0 Å². The van der Waals surface area contributed by atoms with Gasteiger partial charge in [-0.2, -0.15) is 0 Å². The Balaban J connectivity index is 1.76. The molecule has 1 aromatic carbocycles. The van der Waals surface area contributed by atoms with E-state index in [0.717, 1.165) is 23.9 Å². The molecule has 0 aliphatic carbocycles. The Kier molecular flexibility index (Phi) is 6.05. The number of carbonyl (C=O) groups is 2. The van der Waals surface area contributed by atoms with Gasteiger partial charge in [-0.05, 0) is 53.8 Å². The van der Waals surface area contributed by atoms with Crippen LogP contribution in [0.3, 0.4) is 0 Å². The lowest BCUT2D eigenvalue weighted by atomic mass is 10.2. The van der Waals surface area contributed by atoms with Crippen molar-refractivity contribution in [1.82, 2.24) is 10.3 Å². The number of aromatic nitrogens is 1. The Morgan fingerprint density at radius 2 is 1.92 bits per heavy atom. The average Bonchev–Trinajstić information content (AvgIpc) is 3.19. The number of hydrogen-bond acceptors (Lipinski definition) is 5. The lowest BCUT2D eigenvalue weighted by Gasteiger charge is -2.03. The van der Waals surface area contributed by atoms with Crippen LogP contribution < -0.4 is 10.6 Å². The maximum Gasteiger partial charge on any atom is 0.258 e. The third-order valence-electron chi connectivity index (χ3n) is 3.54. The smallest absolute Gasteiger partial charge is 0.258 e. The number of anilines is 1. The van der Waals surface area contributed by atoms with Crippen LogP contribution in [0, 0.1) is 10.5 Å². The van der Waals surface area contributed by atoms with Crippen molar-refractivity contribution in [2.45, 2.75) is 20.4 Å². The summed E-state index contributed by atoms with van der Waals surface area (Å²) in [6, 6.07) is 11.4. The number of aryl methyl sites for hydroxylation is 1. The van der Waals surface area contributed by atoms with Crippen molar-refractivity contribution in [2.75, 3.05) is 5.32 Å². The van der Waals surface area contributed by atoms with E-state index in [0.29, 0.717) is 17.2 Å². The Labute approximate surface area is 173 Å². The number of nitrogens with zero attached hydrogens (tertiary/aromatic N) is 1. The first kappa shape index (κ1) is 19.0. The van der Waals surface area contributed by atoms with Crippen molar-refractivity contribution in [3.63, 3.8) is 0 Å². The predicted octanol–water partition coefficient (Wildman–Crippen LogP) is 4.67. The van der Waals surface area contributed by atoms with Crippen LogP contribution in [-0.4, -0.2) is 16.8 Å². The number of carbonyl (C=O) groups excluding carboxylic acids is 2. The van der Waals surface area contributed by atoms with Gasteiger partial charge in [-0.1, -0.05) is 12.1 Å². The summed E-state index contributed by atoms with van der Waals surface area (Å²) in [5.41, 5.74) is 1.50. The van der Waals surface area contributed by atoms with Gasteiger partial charge in [-0.15, -0.1) is 22.7 Å². The van der Waals surface area contributed by atoms with Gasteiger partial charge >= 0.3 is 0 Å². The molecule has 8 heteroatoms. The second-order valence-electron chi connectivity index (χ2n) is 5.53. The van der Waals surface area contributed by atoms with Gasteiger partial charge in [0, 0.05) is 20.2 Å². The van der Waals surface area contributed by atoms with E-state index in [1.54, 1.807) is 17.4 Å². The molecule has 0 spiro atoms. The van der Waals surface area contributed by atoms with E-state index in [-0.39, 0.29) is 11.8 Å². The number of hydrogen-bond donors (Lipinski definition) is 2. The van der Waals surface area contributed by atoms with Crippen LogP contribution in [0.25, 0.3) is 10.6 Å². The summed E-state index contributed by atoms with van der Waals surface area (Å²) in [7, 11) is 0. The Morgan fingerprint density at radius 3 is 2.65 bits per heavy atom. The van der Waals surface area contributed by atoms with Crippen LogP contribution in [0.4, 0.5) is 5.13 Å². The topological polar surface area (TPSA) is 71.1 Å². The van der Waals surface area contributed by atoms with E-state index in [4.69, 9.17) is 0 Å². The van der Waals surface area contributed by atoms with E-state index < -0.39 is 0 Å². The first-order valence-electron chi connectivity index (χ1n) is 7.81. The Bertz CT molecular complexity index is 965. The highest BCUT2D eigenvalue weighted by Gasteiger charge is 2.16. The maximum absolute atomic E-state index is 12.5. The normalized spacial score (nSPS) is 10.6. The number of halogens is 1. The molecule has 0 saturated carbocycles. The molecular weight excluding hydrogens is 481 g/mol. The number of benzene rings is 1. The fourth-order valence-corrected chi connectivity index (χ4v) is 4.81. The Hall–Kier alpha value is -1.78. The molecule has 2 amide bonds. The van der Waals surface area contributed by atoms with E-state index >= 15 is 0 Å². The van der Waals surface area contributed by atoms with Crippen LogP contribution in [-0.2, 0) is 11.3 Å². The highest BCUT2D eigenvalue weighted by atomic mass is 127. The molecule has 5 nitrogen and oxygen atoms in total. The number of thiazole rings is 1. The third-order valence-corrected chi connectivity index (χ3v) is 6.46. The van der Waals surface area contributed by atoms with Crippen molar-refractivity contribution in [1.29, 1.82) is 0 Å². The molecule has 2 aromatic heterocycles. The average molecular weight is 497 g/mol. The number of amides is 2. The number of nitrogens with one attached hydrogen (secondary N) is 2. The fourth-order valence-electron chi connectivity index (χ4n) is 2.30. The van der Waals surface area contributed by atoms with Crippen molar-refractivity contribution in [3.05, 3.63) is 55.3 Å². The summed E-state index contributed by atoms with van der Waals surface area (Å²) in [6.07, 6.45) is 0. The quantitative estimate of drug-likeness (QED) is 0.504. The van der Waals surface area contributed by atoms with Gasteiger partial charge in [0.05, 0.1) is 22.7 Å². The Morgan fingerprint density at radius 1 is 1.15 bits per heavy atom. The maximum atomic E-state index is 12.5. The van der Waals surface area contributed by atoms with Crippen molar-refractivity contribution in [3.8, 4) is 10.6 Å². The molecule has 0 fully saturated rings. The lowest BCUT2D eigenvalue weighted by Crippen LogP contribution is -2.17. The van der Waals surface area contributed by atoms with Crippen LogP contribution >= 0.6 is 45.3 Å². The van der Waals surface area contributed by atoms with Gasteiger partial charge in [0.25, 0.3) is 5.91 Å². The highest BCUT2D eigenvalue weighted by molar-refractivity contribution is 14.1. The molecule has 2 N–H and O–H groups in total. The molecule has 0 bridgehead atoms.